The second-order valence-corrected chi connectivity index (χ2v) is 9.32. The molecule has 1 aromatic carbocycles. The normalized spacial score (nSPS) is 25.5. The van der Waals surface area contributed by atoms with Gasteiger partial charge in [-0.25, -0.2) is 12.8 Å². The molecule has 2 aliphatic rings. The van der Waals surface area contributed by atoms with Gasteiger partial charge in [0.05, 0.1) is 4.90 Å². The standard InChI is InChI=1S/C18H25FN2O3S/c19-15-7-9-16(10-8-15)25(23,24)18(11-4-12-20-13-18)21-17(22)14-5-2-1-3-6-14/h7-10,14,20H,1-6,11-13H2,(H,21,22)/t18-/m1/s1. The van der Waals surface area contributed by atoms with Gasteiger partial charge < -0.3 is 10.6 Å². The molecule has 5 nitrogen and oxygen atoms in total. The average molecular weight is 368 g/mol. The molecule has 1 saturated heterocycles. The maximum Gasteiger partial charge on any atom is 0.224 e. The number of benzene rings is 1. The number of hydrogen-bond acceptors (Lipinski definition) is 4. The Hall–Kier alpha value is -1.47. The summed E-state index contributed by atoms with van der Waals surface area (Å²) in [5, 5.41) is 5.98. The summed E-state index contributed by atoms with van der Waals surface area (Å²) in [7, 11) is -3.84. The summed E-state index contributed by atoms with van der Waals surface area (Å²) in [6, 6.07) is 4.82. The Kier molecular flexibility index (Phi) is 5.43. The molecule has 1 amide bonds. The van der Waals surface area contributed by atoms with E-state index in [9.17, 15) is 17.6 Å². The Morgan fingerprint density at radius 3 is 2.40 bits per heavy atom. The number of hydrogen-bond donors (Lipinski definition) is 2. The summed E-state index contributed by atoms with van der Waals surface area (Å²) in [6.07, 6.45) is 5.79. The van der Waals surface area contributed by atoms with Crippen LogP contribution in [0.1, 0.15) is 44.9 Å². The van der Waals surface area contributed by atoms with Crippen molar-refractivity contribution < 1.29 is 17.6 Å². The van der Waals surface area contributed by atoms with Crippen LogP contribution >= 0.6 is 0 Å². The van der Waals surface area contributed by atoms with E-state index in [1.165, 1.54) is 12.1 Å². The predicted octanol–water partition coefficient (Wildman–Crippen LogP) is 2.38. The predicted molar refractivity (Wildman–Crippen MR) is 93.1 cm³/mol. The quantitative estimate of drug-likeness (QED) is 0.800. The average Bonchev–Trinajstić information content (AvgIpc) is 2.63. The van der Waals surface area contributed by atoms with E-state index in [-0.39, 0.29) is 23.3 Å². The number of sulfone groups is 1. The minimum Gasteiger partial charge on any atom is -0.335 e. The van der Waals surface area contributed by atoms with Gasteiger partial charge in [0.25, 0.3) is 0 Å². The molecule has 0 radical (unpaired) electrons. The fourth-order valence-corrected chi connectivity index (χ4v) is 5.70. The van der Waals surface area contributed by atoms with Crippen molar-refractivity contribution in [2.45, 2.75) is 54.7 Å². The van der Waals surface area contributed by atoms with E-state index in [1.807, 2.05) is 0 Å². The maximum absolute atomic E-state index is 13.3. The van der Waals surface area contributed by atoms with Gasteiger partial charge in [-0.3, -0.25) is 4.79 Å². The highest BCUT2D eigenvalue weighted by Gasteiger charge is 2.47. The molecular weight excluding hydrogens is 343 g/mol. The van der Waals surface area contributed by atoms with Gasteiger partial charge in [0, 0.05) is 12.5 Å². The molecule has 3 rings (SSSR count). The lowest BCUT2D eigenvalue weighted by atomic mass is 9.88. The Morgan fingerprint density at radius 2 is 1.80 bits per heavy atom. The van der Waals surface area contributed by atoms with Gasteiger partial charge in [0.2, 0.25) is 15.7 Å². The van der Waals surface area contributed by atoms with Crippen LogP contribution in [-0.4, -0.2) is 32.3 Å². The molecule has 0 spiro atoms. The molecule has 25 heavy (non-hydrogen) atoms. The second-order valence-electron chi connectivity index (χ2n) is 7.06. The lowest BCUT2D eigenvalue weighted by molar-refractivity contribution is -0.127. The van der Waals surface area contributed by atoms with Crippen LogP contribution in [0.15, 0.2) is 29.2 Å². The summed E-state index contributed by atoms with van der Waals surface area (Å²) in [6.45, 7) is 0.894. The van der Waals surface area contributed by atoms with Crippen molar-refractivity contribution in [1.29, 1.82) is 0 Å². The highest BCUT2D eigenvalue weighted by atomic mass is 32.2. The van der Waals surface area contributed by atoms with Crippen LogP contribution in [0.3, 0.4) is 0 Å². The molecule has 2 fully saturated rings. The smallest absolute Gasteiger partial charge is 0.224 e. The van der Waals surface area contributed by atoms with E-state index in [2.05, 4.69) is 10.6 Å². The molecule has 1 aliphatic carbocycles. The summed E-state index contributed by atoms with van der Waals surface area (Å²) >= 11 is 0. The first-order chi connectivity index (χ1) is 11.9. The molecule has 0 bridgehead atoms. The zero-order valence-corrected chi connectivity index (χ0v) is 15.1. The highest BCUT2D eigenvalue weighted by Crippen LogP contribution is 2.32. The molecule has 0 aromatic heterocycles. The van der Waals surface area contributed by atoms with Crippen molar-refractivity contribution in [2.24, 2.45) is 5.92 Å². The number of carbonyl (C=O) groups excluding carboxylic acids is 1. The summed E-state index contributed by atoms with van der Waals surface area (Å²) in [5.74, 6) is -0.772. The highest BCUT2D eigenvalue weighted by molar-refractivity contribution is 7.92. The number of amides is 1. The van der Waals surface area contributed by atoms with Gasteiger partial charge in [-0.05, 0) is 56.5 Å². The summed E-state index contributed by atoms with van der Waals surface area (Å²) < 4.78 is 39.7. The molecule has 1 aliphatic heterocycles. The minimum absolute atomic E-state index is 0.0431. The first-order valence-corrected chi connectivity index (χ1v) is 10.5. The van der Waals surface area contributed by atoms with Crippen molar-refractivity contribution in [1.82, 2.24) is 10.6 Å². The van der Waals surface area contributed by atoms with E-state index in [4.69, 9.17) is 0 Å². The molecule has 1 heterocycles. The van der Waals surface area contributed by atoms with Crippen LogP contribution in [0.4, 0.5) is 4.39 Å². The first kappa shape index (κ1) is 18.3. The third kappa shape index (κ3) is 3.72. The topological polar surface area (TPSA) is 75.3 Å². The molecule has 1 saturated carbocycles. The van der Waals surface area contributed by atoms with E-state index in [0.717, 1.165) is 50.8 Å². The van der Waals surface area contributed by atoms with Crippen molar-refractivity contribution in [2.75, 3.05) is 13.1 Å². The summed E-state index contributed by atoms with van der Waals surface area (Å²) in [5.41, 5.74) is 0. The maximum atomic E-state index is 13.3. The zero-order valence-electron chi connectivity index (χ0n) is 14.3. The van der Waals surface area contributed by atoms with Crippen LogP contribution in [-0.2, 0) is 14.6 Å². The van der Waals surface area contributed by atoms with E-state index in [1.54, 1.807) is 0 Å². The number of carbonyl (C=O) groups is 1. The number of nitrogens with one attached hydrogen (secondary N) is 2. The Balaban J connectivity index is 1.89. The largest absolute Gasteiger partial charge is 0.335 e. The number of piperidine rings is 1. The molecule has 1 atom stereocenters. The summed E-state index contributed by atoms with van der Waals surface area (Å²) in [4.78, 5) is 11.4. The number of rotatable bonds is 4. The fraction of sp³-hybridized carbons (Fsp3) is 0.611. The Bertz CT molecular complexity index is 706. The van der Waals surface area contributed by atoms with Gasteiger partial charge in [-0.15, -0.1) is 0 Å². The molecule has 0 unspecified atom stereocenters. The second kappa shape index (κ2) is 7.41. The van der Waals surface area contributed by atoms with Crippen LogP contribution < -0.4 is 10.6 Å². The van der Waals surface area contributed by atoms with E-state index >= 15 is 0 Å². The monoisotopic (exact) mass is 368 g/mol. The first-order valence-electron chi connectivity index (χ1n) is 8.98. The van der Waals surface area contributed by atoms with Gasteiger partial charge >= 0.3 is 0 Å². The van der Waals surface area contributed by atoms with Gasteiger partial charge in [-0.2, -0.15) is 0 Å². The molecule has 1 aromatic rings. The molecule has 138 valence electrons. The van der Waals surface area contributed by atoms with E-state index in [0.29, 0.717) is 12.8 Å². The van der Waals surface area contributed by atoms with Crippen LogP contribution in [0.25, 0.3) is 0 Å². The lowest BCUT2D eigenvalue weighted by Gasteiger charge is -2.39. The Labute approximate surface area is 148 Å². The zero-order chi connectivity index (χ0) is 17.9. The van der Waals surface area contributed by atoms with Crippen molar-refractivity contribution in [3.8, 4) is 0 Å². The van der Waals surface area contributed by atoms with Crippen molar-refractivity contribution in [3.05, 3.63) is 30.1 Å². The molecule has 7 heteroatoms. The van der Waals surface area contributed by atoms with Crippen LogP contribution in [0.2, 0.25) is 0 Å². The van der Waals surface area contributed by atoms with Crippen molar-refractivity contribution in [3.63, 3.8) is 0 Å². The van der Waals surface area contributed by atoms with Gasteiger partial charge in [0.1, 0.15) is 5.82 Å². The van der Waals surface area contributed by atoms with Gasteiger partial charge in [-0.1, -0.05) is 19.3 Å². The van der Waals surface area contributed by atoms with E-state index < -0.39 is 20.5 Å². The third-order valence-corrected chi connectivity index (χ3v) is 7.68. The molecular formula is C18H25FN2O3S. The fourth-order valence-electron chi connectivity index (χ4n) is 3.81. The van der Waals surface area contributed by atoms with Crippen LogP contribution in [0.5, 0.6) is 0 Å². The number of halogens is 1. The van der Waals surface area contributed by atoms with Crippen LogP contribution in [0, 0.1) is 11.7 Å². The van der Waals surface area contributed by atoms with Crippen molar-refractivity contribution >= 4 is 15.7 Å². The lowest BCUT2D eigenvalue weighted by Crippen LogP contribution is -2.63. The SMILES string of the molecule is O=C(N[C@@]1(S(=O)(=O)c2ccc(F)cc2)CCCNC1)C1CCCCC1. The Morgan fingerprint density at radius 1 is 1.12 bits per heavy atom. The molecule has 2 N–H and O–H groups in total. The minimum atomic E-state index is -3.84. The third-order valence-electron chi connectivity index (χ3n) is 5.31. The van der Waals surface area contributed by atoms with Gasteiger partial charge in [0.15, 0.2) is 4.87 Å².